The van der Waals surface area contributed by atoms with E-state index in [0.29, 0.717) is 12.4 Å². The van der Waals surface area contributed by atoms with Crippen LogP contribution in [-0.4, -0.2) is 29.1 Å². The quantitative estimate of drug-likeness (QED) is 0.543. The van der Waals surface area contributed by atoms with Crippen molar-refractivity contribution in [1.29, 1.82) is 0 Å². The van der Waals surface area contributed by atoms with E-state index in [2.05, 4.69) is 25.4 Å². The number of nitrogens with zero attached hydrogens (tertiary/aromatic N) is 1. The van der Waals surface area contributed by atoms with Gasteiger partial charge in [0, 0.05) is 29.1 Å². The van der Waals surface area contributed by atoms with Crippen LogP contribution in [0.3, 0.4) is 0 Å². The van der Waals surface area contributed by atoms with Gasteiger partial charge in [0.25, 0.3) is 5.69 Å². The van der Waals surface area contributed by atoms with Gasteiger partial charge in [-0.15, -0.1) is 0 Å². The van der Waals surface area contributed by atoms with Crippen molar-refractivity contribution in [1.82, 2.24) is 0 Å². The van der Waals surface area contributed by atoms with E-state index in [1.807, 2.05) is 24.8 Å². The lowest BCUT2D eigenvalue weighted by molar-refractivity contribution is -0.384. The minimum absolute atomic E-state index is 0.0474. The normalized spacial score (nSPS) is 11.2. The molecule has 0 aromatic heterocycles. The van der Waals surface area contributed by atoms with Crippen molar-refractivity contribution in [3.05, 3.63) is 28.3 Å². The van der Waals surface area contributed by atoms with E-state index in [1.54, 1.807) is 6.07 Å². The SMILES string of the molecule is CCOc1cc(NCC(CC)(CC)SC)cc([N+](=O)[O-])c1. The molecular formula is C15H24N2O3S. The zero-order chi connectivity index (χ0) is 15.9. The van der Waals surface area contributed by atoms with Crippen LogP contribution in [-0.2, 0) is 0 Å². The maximum absolute atomic E-state index is 11.0. The zero-order valence-electron chi connectivity index (χ0n) is 13.1. The largest absolute Gasteiger partial charge is 0.494 e. The van der Waals surface area contributed by atoms with Gasteiger partial charge in [0.05, 0.1) is 17.6 Å². The fraction of sp³-hybridized carbons (Fsp3) is 0.600. The van der Waals surface area contributed by atoms with E-state index in [0.717, 1.165) is 25.1 Å². The number of nitro groups is 1. The summed E-state index contributed by atoms with van der Waals surface area (Å²) in [6.07, 6.45) is 4.20. The van der Waals surface area contributed by atoms with Crippen molar-refractivity contribution in [3.63, 3.8) is 0 Å². The molecule has 0 amide bonds. The Labute approximate surface area is 130 Å². The number of anilines is 1. The summed E-state index contributed by atoms with van der Waals surface area (Å²) < 4.78 is 5.55. The van der Waals surface area contributed by atoms with Crippen molar-refractivity contribution < 1.29 is 9.66 Å². The van der Waals surface area contributed by atoms with E-state index < -0.39 is 4.92 Å². The summed E-state index contributed by atoms with van der Waals surface area (Å²) >= 11 is 1.83. The smallest absolute Gasteiger partial charge is 0.275 e. The molecule has 0 radical (unpaired) electrons. The van der Waals surface area contributed by atoms with Crippen molar-refractivity contribution in [2.24, 2.45) is 0 Å². The minimum Gasteiger partial charge on any atom is -0.494 e. The summed E-state index contributed by atoms with van der Waals surface area (Å²) in [5.41, 5.74) is 0.777. The molecule has 118 valence electrons. The van der Waals surface area contributed by atoms with Gasteiger partial charge in [-0.3, -0.25) is 10.1 Å². The van der Waals surface area contributed by atoms with E-state index in [4.69, 9.17) is 4.74 Å². The first-order valence-electron chi connectivity index (χ1n) is 7.21. The van der Waals surface area contributed by atoms with Crippen LogP contribution in [0.15, 0.2) is 18.2 Å². The number of non-ortho nitro benzene ring substituents is 1. The Balaban J connectivity index is 2.93. The highest BCUT2D eigenvalue weighted by Gasteiger charge is 2.24. The Morgan fingerprint density at radius 3 is 2.43 bits per heavy atom. The third-order valence-electron chi connectivity index (χ3n) is 3.75. The van der Waals surface area contributed by atoms with Crippen LogP contribution < -0.4 is 10.1 Å². The second kappa shape index (κ2) is 8.12. The Morgan fingerprint density at radius 2 is 1.95 bits per heavy atom. The van der Waals surface area contributed by atoms with Gasteiger partial charge < -0.3 is 10.1 Å². The van der Waals surface area contributed by atoms with E-state index >= 15 is 0 Å². The fourth-order valence-corrected chi connectivity index (χ4v) is 2.96. The highest BCUT2D eigenvalue weighted by atomic mass is 32.2. The average molecular weight is 312 g/mol. The lowest BCUT2D eigenvalue weighted by Crippen LogP contribution is -2.31. The maximum atomic E-state index is 11.0. The monoisotopic (exact) mass is 312 g/mol. The second-order valence-corrected chi connectivity index (χ2v) is 6.13. The highest BCUT2D eigenvalue weighted by molar-refractivity contribution is 8.00. The summed E-state index contributed by atoms with van der Waals surface area (Å²) in [6.45, 7) is 7.45. The molecule has 21 heavy (non-hydrogen) atoms. The number of hydrogen-bond acceptors (Lipinski definition) is 5. The van der Waals surface area contributed by atoms with Gasteiger partial charge in [0.15, 0.2) is 0 Å². The Kier molecular flexibility index (Phi) is 6.81. The first-order chi connectivity index (χ1) is 10.00. The first-order valence-corrected chi connectivity index (χ1v) is 8.44. The van der Waals surface area contributed by atoms with Gasteiger partial charge in [0.1, 0.15) is 5.75 Å². The first kappa shape index (κ1) is 17.6. The van der Waals surface area contributed by atoms with Crippen molar-refractivity contribution in [2.75, 3.05) is 24.7 Å². The van der Waals surface area contributed by atoms with Crippen LogP contribution in [0.1, 0.15) is 33.6 Å². The molecule has 0 bridgehead atoms. The number of hydrogen-bond donors (Lipinski definition) is 1. The van der Waals surface area contributed by atoms with E-state index in [1.165, 1.54) is 6.07 Å². The topological polar surface area (TPSA) is 64.4 Å². The summed E-state index contributed by atoms with van der Waals surface area (Å²) in [5, 5.41) is 14.3. The van der Waals surface area contributed by atoms with E-state index in [9.17, 15) is 10.1 Å². The zero-order valence-corrected chi connectivity index (χ0v) is 14.0. The van der Waals surface area contributed by atoms with Gasteiger partial charge in [-0.2, -0.15) is 11.8 Å². The molecule has 0 aliphatic rings. The molecule has 0 spiro atoms. The standard InChI is InChI=1S/C15H24N2O3S/c1-5-15(6-2,21-4)11-16-12-8-13(17(18)19)10-14(9-12)20-7-3/h8-10,16H,5-7,11H2,1-4H3. The van der Waals surface area contributed by atoms with Gasteiger partial charge in [-0.05, 0) is 26.0 Å². The van der Waals surface area contributed by atoms with Crippen LogP contribution in [0.25, 0.3) is 0 Å². The van der Waals surface area contributed by atoms with E-state index in [-0.39, 0.29) is 10.4 Å². The van der Waals surface area contributed by atoms with Crippen molar-refractivity contribution >= 4 is 23.1 Å². The number of nitro benzene ring substituents is 1. The fourth-order valence-electron chi connectivity index (χ4n) is 2.16. The number of ether oxygens (including phenoxy) is 1. The molecule has 0 heterocycles. The molecule has 6 heteroatoms. The summed E-state index contributed by atoms with van der Waals surface area (Å²) in [7, 11) is 0. The molecule has 0 fully saturated rings. The second-order valence-electron chi connectivity index (χ2n) is 4.85. The third kappa shape index (κ3) is 4.81. The molecule has 5 nitrogen and oxygen atoms in total. The third-order valence-corrected chi connectivity index (χ3v) is 5.34. The summed E-state index contributed by atoms with van der Waals surface area (Å²) in [5.74, 6) is 0.525. The maximum Gasteiger partial charge on any atom is 0.275 e. The van der Waals surface area contributed by atoms with Gasteiger partial charge in [-0.25, -0.2) is 0 Å². The molecular weight excluding hydrogens is 288 g/mol. The van der Waals surface area contributed by atoms with Gasteiger partial charge in [0.2, 0.25) is 0 Å². The highest BCUT2D eigenvalue weighted by Crippen LogP contribution is 2.32. The molecule has 0 aliphatic heterocycles. The molecule has 0 unspecified atom stereocenters. The molecule has 1 N–H and O–H groups in total. The van der Waals surface area contributed by atoms with Crippen LogP contribution >= 0.6 is 11.8 Å². The predicted octanol–water partition coefficient (Wildman–Crippen LogP) is 4.33. The number of rotatable bonds is 9. The minimum atomic E-state index is -0.394. The Bertz CT molecular complexity index is 468. The lowest BCUT2D eigenvalue weighted by atomic mass is 10.0. The lowest BCUT2D eigenvalue weighted by Gasteiger charge is -2.30. The molecule has 1 aromatic carbocycles. The molecule has 0 aliphatic carbocycles. The van der Waals surface area contributed by atoms with Gasteiger partial charge >= 0.3 is 0 Å². The number of nitrogens with one attached hydrogen (secondary N) is 1. The van der Waals surface area contributed by atoms with Crippen LogP contribution in [0, 0.1) is 10.1 Å². The molecule has 0 atom stereocenters. The number of benzene rings is 1. The molecule has 1 rings (SSSR count). The molecule has 1 aromatic rings. The predicted molar refractivity (Wildman–Crippen MR) is 89.6 cm³/mol. The molecule has 0 saturated heterocycles. The van der Waals surface area contributed by atoms with Crippen LogP contribution in [0.2, 0.25) is 0 Å². The van der Waals surface area contributed by atoms with Crippen molar-refractivity contribution in [3.8, 4) is 5.75 Å². The Morgan fingerprint density at radius 1 is 1.29 bits per heavy atom. The van der Waals surface area contributed by atoms with Gasteiger partial charge in [-0.1, -0.05) is 13.8 Å². The summed E-state index contributed by atoms with van der Waals surface area (Å²) in [4.78, 5) is 10.6. The average Bonchev–Trinajstić information content (AvgIpc) is 2.49. The van der Waals surface area contributed by atoms with Crippen LogP contribution in [0.5, 0.6) is 5.75 Å². The van der Waals surface area contributed by atoms with Crippen LogP contribution in [0.4, 0.5) is 11.4 Å². The van der Waals surface area contributed by atoms with Crippen molar-refractivity contribution in [2.45, 2.75) is 38.4 Å². The summed E-state index contributed by atoms with van der Waals surface area (Å²) in [6, 6.07) is 4.82. The Hall–Kier alpha value is -1.43. The molecule has 0 saturated carbocycles. The number of thioether (sulfide) groups is 1.